The second-order valence-electron chi connectivity index (χ2n) is 5.27. The van der Waals surface area contributed by atoms with Gasteiger partial charge in [-0.3, -0.25) is 4.79 Å². The minimum absolute atomic E-state index is 0.0562. The van der Waals surface area contributed by atoms with E-state index in [2.05, 4.69) is 0 Å². The number of nitrogens with zero attached hydrogens (tertiary/aromatic N) is 2. The monoisotopic (exact) mass is 254 g/mol. The van der Waals surface area contributed by atoms with Crippen LogP contribution in [0.5, 0.6) is 0 Å². The standard InChI is InChI=1S/C13H22N2O3/c16-12(17)10-11-6-5-9-15(11)13(18)14-7-3-1-2-4-8-14/h11H,1-10H2,(H,16,17). The van der Waals surface area contributed by atoms with Gasteiger partial charge in [-0.25, -0.2) is 4.79 Å². The Labute approximate surface area is 108 Å². The summed E-state index contributed by atoms with van der Waals surface area (Å²) in [5, 5.41) is 8.88. The van der Waals surface area contributed by atoms with E-state index in [4.69, 9.17) is 5.11 Å². The number of carboxylic acid groups (broad SMARTS) is 1. The van der Waals surface area contributed by atoms with Gasteiger partial charge in [-0.2, -0.15) is 0 Å². The van der Waals surface area contributed by atoms with E-state index in [0.29, 0.717) is 6.54 Å². The molecule has 0 spiro atoms. The van der Waals surface area contributed by atoms with Crippen molar-refractivity contribution in [2.45, 2.75) is 51.0 Å². The third-order valence-electron chi connectivity index (χ3n) is 3.91. The van der Waals surface area contributed by atoms with E-state index in [-0.39, 0.29) is 18.5 Å². The molecule has 1 N–H and O–H groups in total. The Balaban J connectivity index is 1.95. The molecule has 0 aromatic heterocycles. The largest absolute Gasteiger partial charge is 0.481 e. The molecule has 2 heterocycles. The molecule has 0 bridgehead atoms. The summed E-state index contributed by atoms with van der Waals surface area (Å²) in [4.78, 5) is 26.9. The normalized spacial score (nSPS) is 25.0. The summed E-state index contributed by atoms with van der Waals surface area (Å²) in [5.74, 6) is -0.810. The fraction of sp³-hybridized carbons (Fsp3) is 0.846. The molecule has 5 heteroatoms. The minimum Gasteiger partial charge on any atom is -0.481 e. The maximum absolute atomic E-state index is 12.4. The van der Waals surface area contributed by atoms with Gasteiger partial charge >= 0.3 is 12.0 Å². The van der Waals surface area contributed by atoms with Crippen LogP contribution < -0.4 is 0 Å². The van der Waals surface area contributed by atoms with Crippen LogP contribution in [0.4, 0.5) is 4.79 Å². The quantitative estimate of drug-likeness (QED) is 0.819. The third kappa shape index (κ3) is 3.15. The highest BCUT2D eigenvalue weighted by molar-refractivity contribution is 5.76. The Hall–Kier alpha value is -1.26. The van der Waals surface area contributed by atoms with E-state index >= 15 is 0 Å². The zero-order valence-corrected chi connectivity index (χ0v) is 10.8. The topological polar surface area (TPSA) is 60.9 Å². The number of aliphatic carboxylic acids is 1. The second kappa shape index (κ2) is 6.07. The van der Waals surface area contributed by atoms with Crippen LogP contribution in [0.25, 0.3) is 0 Å². The van der Waals surface area contributed by atoms with Crippen molar-refractivity contribution < 1.29 is 14.7 Å². The molecule has 2 amide bonds. The number of hydrogen-bond donors (Lipinski definition) is 1. The summed E-state index contributed by atoms with van der Waals surface area (Å²) < 4.78 is 0. The van der Waals surface area contributed by atoms with Crippen LogP contribution in [0.3, 0.4) is 0 Å². The molecule has 1 unspecified atom stereocenters. The number of likely N-dealkylation sites (tertiary alicyclic amines) is 2. The molecule has 0 aliphatic carbocycles. The predicted molar refractivity (Wildman–Crippen MR) is 67.4 cm³/mol. The van der Waals surface area contributed by atoms with Gasteiger partial charge in [-0.15, -0.1) is 0 Å². The van der Waals surface area contributed by atoms with Gasteiger partial charge in [0.15, 0.2) is 0 Å². The Kier molecular flexibility index (Phi) is 4.44. The van der Waals surface area contributed by atoms with Crippen molar-refractivity contribution in [2.75, 3.05) is 19.6 Å². The van der Waals surface area contributed by atoms with Crippen molar-refractivity contribution in [3.8, 4) is 0 Å². The molecule has 0 radical (unpaired) electrons. The van der Waals surface area contributed by atoms with Crippen molar-refractivity contribution >= 4 is 12.0 Å². The van der Waals surface area contributed by atoms with Crippen LogP contribution >= 0.6 is 0 Å². The average Bonchev–Trinajstić information content (AvgIpc) is 2.63. The molecule has 0 saturated carbocycles. The lowest BCUT2D eigenvalue weighted by atomic mass is 10.1. The summed E-state index contributed by atoms with van der Waals surface area (Å²) in [7, 11) is 0. The van der Waals surface area contributed by atoms with Gasteiger partial charge in [0.1, 0.15) is 0 Å². The first-order valence-corrected chi connectivity index (χ1v) is 6.96. The number of carboxylic acids is 1. The average molecular weight is 254 g/mol. The fourth-order valence-electron chi connectivity index (χ4n) is 2.94. The van der Waals surface area contributed by atoms with E-state index in [0.717, 1.165) is 38.8 Å². The molecular weight excluding hydrogens is 232 g/mol. The Morgan fingerprint density at radius 1 is 1.00 bits per heavy atom. The zero-order valence-electron chi connectivity index (χ0n) is 10.8. The number of amides is 2. The highest BCUT2D eigenvalue weighted by Crippen LogP contribution is 2.23. The highest BCUT2D eigenvalue weighted by atomic mass is 16.4. The molecule has 1 atom stereocenters. The molecule has 5 nitrogen and oxygen atoms in total. The predicted octanol–water partition coefficient (Wildman–Crippen LogP) is 1.92. The Morgan fingerprint density at radius 3 is 2.28 bits per heavy atom. The van der Waals surface area contributed by atoms with E-state index < -0.39 is 5.97 Å². The smallest absolute Gasteiger partial charge is 0.320 e. The fourth-order valence-corrected chi connectivity index (χ4v) is 2.94. The van der Waals surface area contributed by atoms with Crippen LogP contribution in [0.15, 0.2) is 0 Å². The number of rotatable bonds is 2. The van der Waals surface area contributed by atoms with Crippen LogP contribution in [0.2, 0.25) is 0 Å². The highest BCUT2D eigenvalue weighted by Gasteiger charge is 2.32. The van der Waals surface area contributed by atoms with Crippen molar-refractivity contribution in [3.63, 3.8) is 0 Å². The maximum atomic E-state index is 12.4. The van der Waals surface area contributed by atoms with Gasteiger partial charge in [-0.1, -0.05) is 12.8 Å². The number of urea groups is 1. The Morgan fingerprint density at radius 2 is 1.67 bits per heavy atom. The maximum Gasteiger partial charge on any atom is 0.320 e. The van der Waals surface area contributed by atoms with Crippen LogP contribution in [0, 0.1) is 0 Å². The first-order chi connectivity index (χ1) is 8.68. The molecule has 0 aromatic carbocycles. The lowest BCUT2D eigenvalue weighted by Crippen LogP contribution is -2.46. The SMILES string of the molecule is O=C(O)CC1CCCN1C(=O)N1CCCCCC1. The lowest BCUT2D eigenvalue weighted by molar-refractivity contribution is -0.138. The van der Waals surface area contributed by atoms with Crippen LogP contribution in [-0.4, -0.2) is 52.6 Å². The number of carbonyl (C=O) groups excluding carboxylic acids is 1. The van der Waals surface area contributed by atoms with Gasteiger partial charge < -0.3 is 14.9 Å². The van der Waals surface area contributed by atoms with Crippen molar-refractivity contribution in [1.82, 2.24) is 9.80 Å². The van der Waals surface area contributed by atoms with Gasteiger partial charge in [-0.05, 0) is 25.7 Å². The number of hydrogen-bond acceptors (Lipinski definition) is 2. The van der Waals surface area contributed by atoms with E-state index in [9.17, 15) is 9.59 Å². The summed E-state index contributed by atoms with van der Waals surface area (Å²) in [6.45, 7) is 2.37. The molecule has 102 valence electrons. The molecule has 2 aliphatic heterocycles. The summed E-state index contributed by atoms with van der Waals surface area (Å²) >= 11 is 0. The number of carbonyl (C=O) groups is 2. The third-order valence-corrected chi connectivity index (χ3v) is 3.91. The first-order valence-electron chi connectivity index (χ1n) is 6.96. The van der Waals surface area contributed by atoms with Crippen molar-refractivity contribution in [1.29, 1.82) is 0 Å². The molecule has 18 heavy (non-hydrogen) atoms. The van der Waals surface area contributed by atoms with Gasteiger partial charge in [0.25, 0.3) is 0 Å². The summed E-state index contributed by atoms with van der Waals surface area (Å²) in [6.07, 6.45) is 6.38. The molecular formula is C13H22N2O3. The van der Waals surface area contributed by atoms with E-state index in [1.807, 2.05) is 4.90 Å². The molecule has 2 saturated heterocycles. The lowest BCUT2D eigenvalue weighted by Gasteiger charge is -2.30. The first kappa shape index (κ1) is 13.2. The van der Waals surface area contributed by atoms with Crippen LogP contribution in [-0.2, 0) is 4.79 Å². The van der Waals surface area contributed by atoms with Gasteiger partial charge in [0.05, 0.1) is 6.42 Å². The molecule has 2 rings (SSSR count). The van der Waals surface area contributed by atoms with Gasteiger partial charge in [0.2, 0.25) is 0 Å². The van der Waals surface area contributed by atoms with Crippen molar-refractivity contribution in [3.05, 3.63) is 0 Å². The second-order valence-corrected chi connectivity index (χ2v) is 5.27. The summed E-state index contributed by atoms with van der Waals surface area (Å²) in [6, 6.07) is -0.0427. The minimum atomic E-state index is -0.810. The zero-order chi connectivity index (χ0) is 13.0. The van der Waals surface area contributed by atoms with Gasteiger partial charge in [0, 0.05) is 25.7 Å². The van der Waals surface area contributed by atoms with E-state index in [1.165, 1.54) is 12.8 Å². The van der Waals surface area contributed by atoms with Crippen molar-refractivity contribution in [2.24, 2.45) is 0 Å². The molecule has 2 fully saturated rings. The summed E-state index contributed by atoms with van der Waals surface area (Å²) in [5.41, 5.74) is 0. The van der Waals surface area contributed by atoms with Crippen LogP contribution in [0.1, 0.15) is 44.9 Å². The molecule has 2 aliphatic rings. The molecule has 0 aromatic rings. The van der Waals surface area contributed by atoms with E-state index in [1.54, 1.807) is 4.90 Å². The Bertz CT molecular complexity index is 311.